The fraction of sp³-hybridized carbons (Fsp3) is 0.304. The van der Waals surface area contributed by atoms with E-state index in [1.54, 1.807) is 13.0 Å². The summed E-state index contributed by atoms with van der Waals surface area (Å²) in [7, 11) is 0. The minimum atomic E-state index is -0.651. The molecule has 1 fully saturated rings. The number of nitrogens with zero attached hydrogens (tertiary/aromatic N) is 1. The molecular formula is C23H21NO5. The molecule has 0 unspecified atom stereocenters. The lowest BCUT2D eigenvalue weighted by Crippen LogP contribution is -2.39. The van der Waals surface area contributed by atoms with Crippen LogP contribution < -0.4 is 10.5 Å². The Morgan fingerprint density at radius 1 is 1.14 bits per heavy atom. The van der Waals surface area contributed by atoms with Gasteiger partial charge in [0.15, 0.2) is 0 Å². The largest absolute Gasteiger partial charge is 0.466 e. The Morgan fingerprint density at radius 2 is 1.90 bits per heavy atom. The summed E-state index contributed by atoms with van der Waals surface area (Å²) in [6.07, 6.45) is -0.493. The summed E-state index contributed by atoms with van der Waals surface area (Å²) in [6.45, 7) is 2.63. The third-order valence-corrected chi connectivity index (χ3v) is 5.65. The Kier molecular flexibility index (Phi) is 4.36. The summed E-state index contributed by atoms with van der Waals surface area (Å²) in [5.41, 5.74) is 2.37. The fourth-order valence-electron chi connectivity index (χ4n) is 4.41. The SMILES string of the molecule is CCOC(=O)[C@@H]1C[C@@H]2O[C@H]1c1c(c3ccccc3oc1=O)N2Cc1ccccc1. The van der Waals surface area contributed by atoms with Crippen molar-refractivity contribution >= 4 is 22.6 Å². The van der Waals surface area contributed by atoms with Crippen LogP contribution in [-0.2, 0) is 20.8 Å². The van der Waals surface area contributed by atoms with Crippen molar-refractivity contribution in [3.8, 4) is 0 Å². The lowest BCUT2D eigenvalue weighted by atomic mass is 9.95. The standard InChI is InChI=1S/C23H21NO5/c1-2-27-22(25)16-12-18-24(13-14-8-4-3-5-9-14)20-15-10-6-7-11-17(15)28-23(26)19(20)21(16)29-18/h3-11,16,18,21H,2,12-13H2,1H3/t16-,18+,21-/m1/s1. The molecular weight excluding hydrogens is 370 g/mol. The number of carbonyl (C=O) groups is 1. The zero-order valence-corrected chi connectivity index (χ0v) is 16.0. The van der Waals surface area contributed by atoms with Crippen molar-refractivity contribution in [1.82, 2.24) is 0 Å². The van der Waals surface area contributed by atoms with E-state index in [-0.39, 0.29) is 12.2 Å². The topological polar surface area (TPSA) is 69.0 Å². The van der Waals surface area contributed by atoms with Crippen molar-refractivity contribution in [1.29, 1.82) is 0 Å². The molecule has 5 rings (SSSR count). The quantitative estimate of drug-likeness (QED) is 0.498. The normalized spacial score (nSPS) is 22.5. The van der Waals surface area contributed by atoms with Crippen molar-refractivity contribution < 1.29 is 18.7 Å². The maximum atomic E-state index is 13.0. The van der Waals surface area contributed by atoms with Crippen molar-refractivity contribution in [3.05, 3.63) is 76.1 Å². The van der Waals surface area contributed by atoms with Crippen LogP contribution in [0.15, 0.2) is 63.8 Å². The summed E-state index contributed by atoms with van der Waals surface area (Å²) in [5.74, 6) is -0.858. The number of fused-ring (bicyclic) bond motifs is 6. The molecule has 3 aromatic rings. The van der Waals surface area contributed by atoms with E-state index in [2.05, 4.69) is 4.90 Å². The maximum Gasteiger partial charge on any atom is 0.344 e. The molecule has 2 aliphatic heterocycles. The van der Waals surface area contributed by atoms with Gasteiger partial charge in [-0.3, -0.25) is 4.79 Å². The Morgan fingerprint density at radius 3 is 2.69 bits per heavy atom. The highest BCUT2D eigenvalue weighted by Crippen LogP contribution is 2.50. The number of hydrogen-bond donors (Lipinski definition) is 0. The monoisotopic (exact) mass is 391 g/mol. The van der Waals surface area contributed by atoms with Gasteiger partial charge in [0.05, 0.1) is 23.8 Å². The number of rotatable bonds is 4. The number of carbonyl (C=O) groups excluding carboxylic acids is 1. The van der Waals surface area contributed by atoms with Crippen LogP contribution in [-0.4, -0.2) is 18.8 Å². The van der Waals surface area contributed by atoms with Crippen LogP contribution in [0.1, 0.15) is 30.6 Å². The van der Waals surface area contributed by atoms with E-state index in [4.69, 9.17) is 13.9 Å². The first-order chi connectivity index (χ1) is 14.2. The summed E-state index contributed by atoms with van der Waals surface area (Å²) < 4.78 is 17.0. The van der Waals surface area contributed by atoms with Crippen LogP contribution in [0.25, 0.3) is 11.0 Å². The van der Waals surface area contributed by atoms with Gasteiger partial charge in [0.2, 0.25) is 0 Å². The highest BCUT2D eigenvalue weighted by atomic mass is 16.6. The predicted octanol–water partition coefficient (Wildman–Crippen LogP) is 3.78. The zero-order chi connectivity index (χ0) is 20.0. The summed E-state index contributed by atoms with van der Waals surface area (Å²) in [5, 5.41) is 0.848. The van der Waals surface area contributed by atoms with Crippen molar-refractivity contribution in [2.45, 2.75) is 32.2 Å². The van der Waals surface area contributed by atoms with E-state index in [9.17, 15) is 9.59 Å². The third-order valence-electron chi connectivity index (χ3n) is 5.65. The number of anilines is 1. The Hall–Kier alpha value is -3.12. The number of para-hydroxylation sites is 1. The van der Waals surface area contributed by atoms with Gasteiger partial charge in [-0.05, 0) is 24.6 Å². The number of esters is 1. The van der Waals surface area contributed by atoms with Gasteiger partial charge in [0.1, 0.15) is 17.9 Å². The first kappa shape index (κ1) is 17.9. The van der Waals surface area contributed by atoms with Gasteiger partial charge in [0, 0.05) is 18.4 Å². The van der Waals surface area contributed by atoms with Gasteiger partial charge < -0.3 is 18.8 Å². The zero-order valence-electron chi connectivity index (χ0n) is 16.0. The first-order valence-corrected chi connectivity index (χ1v) is 9.85. The van der Waals surface area contributed by atoms with E-state index >= 15 is 0 Å². The van der Waals surface area contributed by atoms with Gasteiger partial charge >= 0.3 is 11.6 Å². The first-order valence-electron chi connectivity index (χ1n) is 9.85. The molecule has 0 amide bonds. The van der Waals surface area contributed by atoms with Crippen LogP contribution in [0.5, 0.6) is 0 Å². The lowest BCUT2D eigenvalue weighted by molar-refractivity contribution is -0.150. The maximum absolute atomic E-state index is 13.0. The average molecular weight is 391 g/mol. The molecule has 0 N–H and O–H groups in total. The molecule has 0 aliphatic carbocycles. The number of hydrogen-bond acceptors (Lipinski definition) is 6. The van der Waals surface area contributed by atoms with E-state index in [0.29, 0.717) is 30.7 Å². The predicted molar refractivity (Wildman–Crippen MR) is 107 cm³/mol. The van der Waals surface area contributed by atoms with Crippen LogP contribution in [0, 0.1) is 5.92 Å². The molecule has 1 aromatic heterocycles. The molecule has 29 heavy (non-hydrogen) atoms. The smallest absolute Gasteiger partial charge is 0.344 e. The van der Waals surface area contributed by atoms with Crippen molar-refractivity contribution in [2.75, 3.05) is 11.5 Å². The van der Waals surface area contributed by atoms with E-state index in [1.165, 1.54) is 0 Å². The second kappa shape index (κ2) is 7.04. The molecule has 0 radical (unpaired) electrons. The molecule has 2 aromatic carbocycles. The molecule has 0 saturated carbocycles. The van der Waals surface area contributed by atoms with Crippen LogP contribution in [0.3, 0.4) is 0 Å². The second-order valence-corrected chi connectivity index (χ2v) is 7.37. The molecule has 3 atom stereocenters. The Labute approximate surface area is 167 Å². The van der Waals surface area contributed by atoms with E-state index < -0.39 is 17.6 Å². The van der Waals surface area contributed by atoms with Crippen molar-refractivity contribution in [2.24, 2.45) is 5.92 Å². The van der Waals surface area contributed by atoms with E-state index in [0.717, 1.165) is 16.6 Å². The fourth-order valence-corrected chi connectivity index (χ4v) is 4.41. The van der Waals surface area contributed by atoms with Gasteiger partial charge in [-0.15, -0.1) is 0 Å². The summed E-state index contributed by atoms with van der Waals surface area (Å²) in [4.78, 5) is 27.6. The molecule has 1 saturated heterocycles. The minimum absolute atomic E-state index is 0.291. The Bertz CT molecular complexity index is 1120. The van der Waals surface area contributed by atoms with Crippen LogP contribution >= 0.6 is 0 Å². The minimum Gasteiger partial charge on any atom is -0.466 e. The molecule has 0 spiro atoms. The van der Waals surface area contributed by atoms with Gasteiger partial charge in [-0.2, -0.15) is 0 Å². The molecule has 6 heteroatoms. The van der Waals surface area contributed by atoms with Crippen LogP contribution in [0.4, 0.5) is 5.69 Å². The molecule has 6 nitrogen and oxygen atoms in total. The molecule has 148 valence electrons. The van der Waals surface area contributed by atoms with Gasteiger partial charge in [-0.25, -0.2) is 4.79 Å². The number of benzene rings is 2. The highest BCUT2D eigenvalue weighted by Gasteiger charge is 2.51. The molecule has 2 aliphatic rings. The molecule has 3 heterocycles. The van der Waals surface area contributed by atoms with Crippen molar-refractivity contribution in [3.63, 3.8) is 0 Å². The van der Waals surface area contributed by atoms with E-state index in [1.807, 2.05) is 48.5 Å². The van der Waals surface area contributed by atoms with Gasteiger partial charge in [0.25, 0.3) is 0 Å². The highest BCUT2D eigenvalue weighted by molar-refractivity contribution is 5.93. The Balaban J connectivity index is 1.69. The number of ether oxygens (including phenoxy) is 2. The second-order valence-electron chi connectivity index (χ2n) is 7.37. The lowest BCUT2D eigenvalue weighted by Gasteiger charge is -2.37. The third kappa shape index (κ3) is 2.91. The van der Waals surface area contributed by atoms with Crippen LogP contribution in [0.2, 0.25) is 0 Å². The summed E-state index contributed by atoms with van der Waals surface area (Å²) in [6, 6.07) is 17.5. The molecule has 2 bridgehead atoms. The van der Waals surface area contributed by atoms with Gasteiger partial charge in [-0.1, -0.05) is 42.5 Å². The summed E-state index contributed by atoms with van der Waals surface area (Å²) >= 11 is 0. The average Bonchev–Trinajstić information content (AvgIpc) is 3.11.